The van der Waals surface area contributed by atoms with E-state index >= 15 is 0 Å². The number of ether oxygens (including phenoxy) is 1. The van der Waals surface area contributed by atoms with Crippen LogP contribution in [0.2, 0.25) is 0 Å². The number of allylic oxidation sites excluding steroid dienone is 4. The van der Waals surface area contributed by atoms with Crippen LogP contribution in [-0.2, 0) is 14.3 Å². The van der Waals surface area contributed by atoms with E-state index in [9.17, 15) is 9.59 Å². The van der Waals surface area contributed by atoms with Crippen molar-refractivity contribution in [2.45, 2.75) is 84.7 Å². The average Bonchev–Trinajstić information content (AvgIpc) is 2.46. The van der Waals surface area contributed by atoms with Crippen molar-refractivity contribution in [3.05, 3.63) is 24.3 Å². The molecule has 3 heteroatoms. The Morgan fingerprint density at radius 3 is 2.23 bits per heavy atom. The number of unbranched alkanes of at least 4 members (excludes halogenated alkanes) is 5. The van der Waals surface area contributed by atoms with Gasteiger partial charge in [-0.15, -0.1) is 0 Å². The molecule has 3 nitrogen and oxygen atoms in total. The number of hydrogen-bond donors (Lipinski definition) is 0. The van der Waals surface area contributed by atoms with Crippen LogP contribution in [0.4, 0.5) is 0 Å². The highest BCUT2D eigenvalue weighted by Gasteiger charge is 2.08. The zero-order chi connectivity index (χ0) is 16.6. The number of hydrogen-bond acceptors (Lipinski definition) is 3. The summed E-state index contributed by atoms with van der Waals surface area (Å²) < 4.78 is 5.23. The fraction of sp³-hybridized carbons (Fsp3) is 0.684. The third kappa shape index (κ3) is 15.0. The average molecular weight is 308 g/mol. The summed E-state index contributed by atoms with van der Waals surface area (Å²) in [6, 6.07) is 0. The third-order valence-corrected chi connectivity index (χ3v) is 3.47. The second-order valence-corrected chi connectivity index (χ2v) is 5.75. The minimum Gasteiger partial charge on any atom is -0.463 e. The van der Waals surface area contributed by atoms with Gasteiger partial charge in [0.15, 0.2) is 0 Å². The van der Waals surface area contributed by atoms with Gasteiger partial charge in [-0.3, -0.25) is 9.59 Å². The zero-order valence-corrected chi connectivity index (χ0v) is 14.5. The van der Waals surface area contributed by atoms with Gasteiger partial charge >= 0.3 is 5.97 Å². The maximum absolute atomic E-state index is 10.9. The Hall–Kier alpha value is -1.38. The van der Waals surface area contributed by atoms with E-state index in [0.29, 0.717) is 6.42 Å². The number of Topliss-reactive ketones (excluding diaryl/α,β-unsaturated/α-hetero) is 1. The van der Waals surface area contributed by atoms with Crippen molar-refractivity contribution in [2.24, 2.45) is 0 Å². The molecule has 0 saturated carbocycles. The predicted octanol–water partition coefficient (Wildman–Crippen LogP) is 5.15. The van der Waals surface area contributed by atoms with Gasteiger partial charge in [-0.05, 0) is 39.0 Å². The lowest BCUT2D eigenvalue weighted by Crippen LogP contribution is -2.14. The van der Waals surface area contributed by atoms with Crippen LogP contribution in [0.25, 0.3) is 0 Å². The number of ketones is 1. The first-order valence-corrected chi connectivity index (χ1v) is 8.54. The first-order valence-electron chi connectivity index (χ1n) is 8.54. The van der Waals surface area contributed by atoms with Crippen LogP contribution < -0.4 is 0 Å². The molecule has 1 atom stereocenters. The van der Waals surface area contributed by atoms with Crippen LogP contribution in [0.15, 0.2) is 24.3 Å². The van der Waals surface area contributed by atoms with E-state index < -0.39 is 0 Å². The zero-order valence-electron chi connectivity index (χ0n) is 14.5. The van der Waals surface area contributed by atoms with E-state index in [-0.39, 0.29) is 17.9 Å². The SMILES string of the molecule is CCC(CCCCCCCC=CC=CCC(C)=O)OC(C)=O. The molecule has 0 spiro atoms. The molecular formula is C19H32O3. The van der Waals surface area contributed by atoms with Crippen molar-refractivity contribution in [1.82, 2.24) is 0 Å². The molecule has 126 valence electrons. The van der Waals surface area contributed by atoms with Gasteiger partial charge in [0.1, 0.15) is 11.9 Å². The van der Waals surface area contributed by atoms with Crippen LogP contribution in [0.3, 0.4) is 0 Å². The molecule has 0 aliphatic carbocycles. The lowest BCUT2D eigenvalue weighted by Gasteiger charge is -2.14. The van der Waals surface area contributed by atoms with Gasteiger partial charge in [-0.1, -0.05) is 50.5 Å². The van der Waals surface area contributed by atoms with E-state index in [4.69, 9.17) is 4.74 Å². The van der Waals surface area contributed by atoms with Crippen molar-refractivity contribution in [2.75, 3.05) is 0 Å². The fourth-order valence-corrected chi connectivity index (χ4v) is 2.23. The topological polar surface area (TPSA) is 43.4 Å². The van der Waals surface area contributed by atoms with Crippen LogP contribution in [0.1, 0.15) is 78.6 Å². The van der Waals surface area contributed by atoms with Crippen molar-refractivity contribution in [3.63, 3.8) is 0 Å². The van der Waals surface area contributed by atoms with E-state index in [2.05, 4.69) is 13.0 Å². The molecule has 1 unspecified atom stereocenters. The maximum atomic E-state index is 10.9. The van der Waals surface area contributed by atoms with Crippen LogP contribution in [-0.4, -0.2) is 17.9 Å². The Bertz CT molecular complexity index is 356. The first-order chi connectivity index (χ1) is 10.6. The van der Waals surface area contributed by atoms with E-state index in [1.165, 1.54) is 32.6 Å². The molecule has 0 aromatic carbocycles. The molecular weight excluding hydrogens is 276 g/mol. The fourth-order valence-electron chi connectivity index (χ4n) is 2.23. The number of carbonyl (C=O) groups excluding carboxylic acids is 2. The van der Waals surface area contributed by atoms with E-state index in [1.807, 2.05) is 18.2 Å². The second kappa shape index (κ2) is 14.6. The largest absolute Gasteiger partial charge is 0.463 e. The van der Waals surface area contributed by atoms with Crippen molar-refractivity contribution in [3.8, 4) is 0 Å². The lowest BCUT2D eigenvalue weighted by atomic mass is 10.1. The first kappa shape index (κ1) is 20.6. The van der Waals surface area contributed by atoms with Gasteiger partial charge in [0.2, 0.25) is 0 Å². The van der Waals surface area contributed by atoms with Gasteiger partial charge in [-0.25, -0.2) is 0 Å². The second-order valence-electron chi connectivity index (χ2n) is 5.75. The van der Waals surface area contributed by atoms with Crippen molar-refractivity contribution >= 4 is 11.8 Å². The summed E-state index contributed by atoms with van der Waals surface area (Å²) in [5.41, 5.74) is 0. The number of rotatable bonds is 13. The molecule has 0 aliphatic rings. The van der Waals surface area contributed by atoms with E-state index in [0.717, 1.165) is 25.7 Å². The highest BCUT2D eigenvalue weighted by atomic mass is 16.5. The predicted molar refractivity (Wildman–Crippen MR) is 91.7 cm³/mol. The molecule has 0 radical (unpaired) electrons. The molecule has 0 bridgehead atoms. The number of carbonyl (C=O) groups is 2. The molecule has 0 amide bonds. The molecule has 0 aromatic heterocycles. The van der Waals surface area contributed by atoms with Gasteiger partial charge in [-0.2, -0.15) is 0 Å². The summed E-state index contributed by atoms with van der Waals surface area (Å²) in [5.74, 6) is 0.0275. The van der Waals surface area contributed by atoms with Gasteiger partial charge in [0.05, 0.1) is 0 Å². The molecule has 0 saturated heterocycles. The molecule has 0 N–H and O–H groups in total. The van der Waals surface area contributed by atoms with Gasteiger partial charge < -0.3 is 4.74 Å². The summed E-state index contributed by atoms with van der Waals surface area (Å²) in [7, 11) is 0. The lowest BCUT2D eigenvalue weighted by molar-refractivity contribution is -0.146. The Morgan fingerprint density at radius 2 is 1.59 bits per heavy atom. The van der Waals surface area contributed by atoms with Crippen LogP contribution in [0, 0.1) is 0 Å². The van der Waals surface area contributed by atoms with Gasteiger partial charge in [0.25, 0.3) is 0 Å². The molecule has 0 fully saturated rings. The molecule has 22 heavy (non-hydrogen) atoms. The standard InChI is InChI=1S/C19H32O3/c1-4-19(22-18(3)21)16-14-12-10-8-6-5-7-9-11-13-15-17(2)20/h7,9,11,13,19H,4-6,8,10,12,14-16H2,1-3H3. The summed E-state index contributed by atoms with van der Waals surface area (Å²) in [6.07, 6.45) is 17.7. The molecule has 0 aliphatic heterocycles. The number of esters is 1. The maximum Gasteiger partial charge on any atom is 0.302 e. The quantitative estimate of drug-likeness (QED) is 0.268. The normalized spacial score (nSPS) is 12.9. The Kier molecular flexibility index (Phi) is 13.6. The highest BCUT2D eigenvalue weighted by molar-refractivity contribution is 5.77. The summed E-state index contributed by atoms with van der Waals surface area (Å²) >= 11 is 0. The molecule has 0 heterocycles. The van der Waals surface area contributed by atoms with Crippen molar-refractivity contribution in [1.29, 1.82) is 0 Å². The Labute approximate surface area is 135 Å². The smallest absolute Gasteiger partial charge is 0.302 e. The van der Waals surface area contributed by atoms with Crippen LogP contribution in [0.5, 0.6) is 0 Å². The molecule has 0 aromatic rings. The highest BCUT2D eigenvalue weighted by Crippen LogP contribution is 2.12. The summed E-state index contributed by atoms with van der Waals surface area (Å²) in [6.45, 7) is 5.14. The molecule has 0 rings (SSSR count). The minimum absolute atomic E-state index is 0.0993. The Morgan fingerprint density at radius 1 is 0.955 bits per heavy atom. The summed E-state index contributed by atoms with van der Waals surface area (Å²) in [5, 5.41) is 0. The summed E-state index contributed by atoms with van der Waals surface area (Å²) in [4.78, 5) is 21.6. The van der Waals surface area contributed by atoms with Crippen molar-refractivity contribution < 1.29 is 14.3 Å². The monoisotopic (exact) mass is 308 g/mol. The Balaban J connectivity index is 3.43. The van der Waals surface area contributed by atoms with E-state index in [1.54, 1.807) is 6.92 Å². The van der Waals surface area contributed by atoms with Gasteiger partial charge in [0, 0.05) is 13.3 Å². The van der Waals surface area contributed by atoms with Crippen LogP contribution >= 0.6 is 0 Å². The minimum atomic E-state index is -0.170. The third-order valence-electron chi connectivity index (χ3n) is 3.47.